The van der Waals surface area contributed by atoms with Crippen LogP contribution >= 0.6 is 15.9 Å². The minimum Gasteiger partial charge on any atom is -0.317 e. The summed E-state index contributed by atoms with van der Waals surface area (Å²) in [7, 11) is 0. The molecular formula is C10H12BrN3O. The molecule has 0 saturated heterocycles. The standard InChI is InChI=1S/C10H12BrN3O/c1-6-7(11)2-3-8(13-6)14-9(15)10(12)4-5-10/h2-3H,4-5,12H2,1H3,(H,13,14,15). The van der Waals surface area contributed by atoms with E-state index >= 15 is 0 Å². The van der Waals surface area contributed by atoms with Crippen LogP contribution in [-0.2, 0) is 4.79 Å². The molecule has 0 atom stereocenters. The van der Waals surface area contributed by atoms with Crippen molar-refractivity contribution in [1.29, 1.82) is 0 Å². The number of carbonyl (C=O) groups is 1. The minimum atomic E-state index is -0.650. The second-order valence-electron chi connectivity index (χ2n) is 3.87. The first-order chi connectivity index (χ1) is 7.01. The molecule has 0 unspecified atom stereocenters. The van der Waals surface area contributed by atoms with Crippen LogP contribution in [0.1, 0.15) is 18.5 Å². The van der Waals surface area contributed by atoms with E-state index in [1.165, 1.54) is 0 Å². The number of nitrogens with zero attached hydrogens (tertiary/aromatic N) is 1. The van der Waals surface area contributed by atoms with E-state index in [9.17, 15) is 4.79 Å². The molecular weight excluding hydrogens is 258 g/mol. The van der Waals surface area contributed by atoms with Crippen LogP contribution in [0.4, 0.5) is 5.82 Å². The number of hydrogen-bond donors (Lipinski definition) is 2. The summed E-state index contributed by atoms with van der Waals surface area (Å²) in [6.45, 7) is 1.87. The maximum atomic E-state index is 11.6. The molecule has 0 aliphatic heterocycles. The van der Waals surface area contributed by atoms with E-state index in [1.807, 2.05) is 13.0 Å². The van der Waals surface area contributed by atoms with Gasteiger partial charge < -0.3 is 11.1 Å². The summed E-state index contributed by atoms with van der Waals surface area (Å²) in [6, 6.07) is 3.61. The van der Waals surface area contributed by atoms with Crippen LogP contribution in [-0.4, -0.2) is 16.4 Å². The molecule has 1 aliphatic rings. The molecule has 1 aliphatic carbocycles. The number of nitrogens with one attached hydrogen (secondary N) is 1. The zero-order valence-corrected chi connectivity index (χ0v) is 9.97. The first-order valence-electron chi connectivity index (χ1n) is 4.75. The Balaban J connectivity index is 2.11. The second-order valence-corrected chi connectivity index (χ2v) is 4.73. The fraction of sp³-hybridized carbons (Fsp3) is 0.400. The quantitative estimate of drug-likeness (QED) is 0.857. The molecule has 0 radical (unpaired) electrons. The summed E-state index contributed by atoms with van der Waals surface area (Å²) in [4.78, 5) is 15.8. The number of rotatable bonds is 2. The highest BCUT2D eigenvalue weighted by molar-refractivity contribution is 9.10. The van der Waals surface area contributed by atoms with Crippen molar-refractivity contribution in [3.63, 3.8) is 0 Å². The van der Waals surface area contributed by atoms with E-state index in [-0.39, 0.29) is 5.91 Å². The van der Waals surface area contributed by atoms with Crippen molar-refractivity contribution in [3.05, 3.63) is 22.3 Å². The zero-order valence-electron chi connectivity index (χ0n) is 8.38. The average molecular weight is 270 g/mol. The van der Waals surface area contributed by atoms with Gasteiger partial charge in [0.15, 0.2) is 0 Å². The lowest BCUT2D eigenvalue weighted by atomic mass is 10.2. The fourth-order valence-electron chi connectivity index (χ4n) is 1.22. The van der Waals surface area contributed by atoms with Gasteiger partial charge >= 0.3 is 0 Å². The van der Waals surface area contributed by atoms with Crippen molar-refractivity contribution in [2.45, 2.75) is 25.3 Å². The van der Waals surface area contributed by atoms with Gasteiger partial charge in [0, 0.05) is 4.47 Å². The van der Waals surface area contributed by atoms with Crippen molar-refractivity contribution in [1.82, 2.24) is 4.98 Å². The molecule has 1 saturated carbocycles. The SMILES string of the molecule is Cc1nc(NC(=O)C2(N)CC2)ccc1Br. The molecule has 0 spiro atoms. The summed E-state index contributed by atoms with van der Waals surface area (Å²) in [6.07, 6.45) is 1.52. The third-order valence-corrected chi connectivity index (χ3v) is 3.34. The number of anilines is 1. The summed E-state index contributed by atoms with van der Waals surface area (Å²) in [5.41, 5.74) is 5.95. The van der Waals surface area contributed by atoms with Crippen molar-refractivity contribution in [3.8, 4) is 0 Å². The van der Waals surface area contributed by atoms with Crippen LogP contribution in [0.3, 0.4) is 0 Å². The number of pyridine rings is 1. The maximum absolute atomic E-state index is 11.6. The number of carbonyl (C=O) groups excluding carboxylic acids is 1. The highest BCUT2D eigenvalue weighted by atomic mass is 79.9. The lowest BCUT2D eigenvalue weighted by Crippen LogP contribution is -2.38. The van der Waals surface area contributed by atoms with Crippen LogP contribution < -0.4 is 11.1 Å². The molecule has 3 N–H and O–H groups in total. The van der Waals surface area contributed by atoms with Gasteiger partial charge in [-0.2, -0.15) is 0 Å². The predicted molar refractivity (Wildman–Crippen MR) is 61.5 cm³/mol. The van der Waals surface area contributed by atoms with Crippen molar-refractivity contribution < 1.29 is 4.79 Å². The largest absolute Gasteiger partial charge is 0.317 e. The predicted octanol–water partition coefficient (Wildman–Crippen LogP) is 1.58. The van der Waals surface area contributed by atoms with Gasteiger partial charge in [-0.3, -0.25) is 4.79 Å². The Morgan fingerprint density at radius 3 is 2.80 bits per heavy atom. The van der Waals surface area contributed by atoms with E-state index in [4.69, 9.17) is 5.73 Å². The normalized spacial score (nSPS) is 17.3. The molecule has 80 valence electrons. The molecule has 1 heterocycles. The average Bonchev–Trinajstić information content (AvgIpc) is 2.92. The topological polar surface area (TPSA) is 68.0 Å². The molecule has 1 aromatic heterocycles. The Bertz CT molecular complexity index is 415. The van der Waals surface area contributed by atoms with E-state index in [0.717, 1.165) is 23.0 Å². The van der Waals surface area contributed by atoms with Gasteiger partial charge in [-0.05, 0) is 47.8 Å². The van der Waals surface area contributed by atoms with Gasteiger partial charge in [0.25, 0.3) is 0 Å². The molecule has 0 aromatic carbocycles. The fourth-order valence-corrected chi connectivity index (χ4v) is 1.44. The Morgan fingerprint density at radius 1 is 1.60 bits per heavy atom. The van der Waals surface area contributed by atoms with Crippen LogP contribution in [0.2, 0.25) is 0 Å². The van der Waals surface area contributed by atoms with Crippen LogP contribution in [0.15, 0.2) is 16.6 Å². The van der Waals surface area contributed by atoms with E-state index in [1.54, 1.807) is 6.07 Å². The monoisotopic (exact) mass is 269 g/mol. The third kappa shape index (κ3) is 2.18. The summed E-state index contributed by atoms with van der Waals surface area (Å²) < 4.78 is 0.925. The van der Waals surface area contributed by atoms with E-state index in [2.05, 4.69) is 26.2 Å². The van der Waals surface area contributed by atoms with Gasteiger partial charge in [0.05, 0.1) is 11.2 Å². The first kappa shape index (κ1) is 10.6. The summed E-state index contributed by atoms with van der Waals surface area (Å²) >= 11 is 3.35. The highest BCUT2D eigenvalue weighted by Gasteiger charge is 2.46. The molecule has 1 amide bonds. The molecule has 0 bridgehead atoms. The lowest BCUT2D eigenvalue weighted by molar-refractivity contribution is -0.118. The second kappa shape index (κ2) is 3.57. The molecule has 4 nitrogen and oxygen atoms in total. The van der Waals surface area contributed by atoms with Gasteiger partial charge in [0.2, 0.25) is 5.91 Å². The van der Waals surface area contributed by atoms with Gasteiger partial charge in [-0.1, -0.05) is 0 Å². The first-order valence-corrected chi connectivity index (χ1v) is 5.54. The Morgan fingerprint density at radius 2 is 2.27 bits per heavy atom. The van der Waals surface area contributed by atoms with Crippen LogP contribution in [0.25, 0.3) is 0 Å². The van der Waals surface area contributed by atoms with Gasteiger partial charge in [0.1, 0.15) is 5.82 Å². The summed E-state index contributed by atoms with van der Waals surface area (Å²) in [5, 5.41) is 2.72. The lowest BCUT2D eigenvalue weighted by Gasteiger charge is -2.09. The summed E-state index contributed by atoms with van der Waals surface area (Å²) in [5.74, 6) is 0.411. The zero-order chi connectivity index (χ0) is 11.1. The smallest absolute Gasteiger partial charge is 0.245 e. The number of nitrogens with two attached hydrogens (primary N) is 1. The number of aryl methyl sites for hydroxylation is 1. The number of amides is 1. The Labute approximate surface area is 96.4 Å². The third-order valence-electron chi connectivity index (χ3n) is 2.50. The molecule has 1 aromatic rings. The maximum Gasteiger partial charge on any atom is 0.245 e. The van der Waals surface area contributed by atoms with E-state index < -0.39 is 5.54 Å². The van der Waals surface area contributed by atoms with Crippen LogP contribution in [0, 0.1) is 6.92 Å². The number of aromatic nitrogens is 1. The Kier molecular flexibility index (Phi) is 2.52. The Hall–Kier alpha value is -0.940. The van der Waals surface area contributed by atoms with Gasteiger partial charge in [-0.25, -0.2) is 4.98 Å². The molecule has 5 heteroatoms. The van der Waals surface area contributed by atoms with Crippen LogP contribution in [0.5, 0.6) is 0 Å². The molecule has 2 rings (SSSR count). The van der Waals surface area contributed by atoms with Crippen molar-refractivity contribution in [2.24, 2.45) is 5.73 Å². The minimum absolute atomic E-state index is 0.142. The molecule has 1 fully saturated rings. The highest BCUT2D eigenvalue weighted by Crippen LogP contribution is 2.33. The van der Waals surface area contributed by atoms with Crippen molar-refractivity contribution >= 4 is 27.7 Å². The van der Waals surface area contributed by atoms with E-state index in [0.29, 0.717) is 5.82 Å². The van der Waals surface area contributed by atoms with Gasteiger partial charge in [-0.15, -0.1) is 0 Å². The number of hydrogen-bond acceptors (Lipinski definition) is 3. The molecule has 15 heavy (non-hydrogen) atoms. The number of halogens is 1. The van der Waals surface area contributed by atoms with Crippen molar-refractivity contribution in [2.75, 3.05) is 5.32 Å².